The normalized spacial score (nSPS) is 21.3. The zero-order valence-corrected chi connectivity index (χ0v) is 15.1. The molecule has 1 aromatic heterocycles. The van der Waals surface area contributed by atoms with Crippen LogP contribution in [0.3, 0.4) is 0 Å². The van der Waals surface area contributed by atoms with Gasteiger partial charge < -0.3 is 19.1 Å². The monoisotopic (exact) mass is 350 g/mol. The van der Waals surface area contributed by atoms with Crippen LogP contribution in [0.4, 0.5) is 4.79 Å². The van der Waals surface area contributed by atoms with Crippen LogP contribution in [0.25, 0.3) is 5.57 Å². The third-order valence-corrected chi connectivity index (χ3v) is 4.14. The van der Waals surface area contributed by atoms with Gasteiger partial charge in [-0.2, -0.15) is 15.4 Å². The van der Waals surface area contributed by atoms with Crippen molar-refractivity contribution in [3.05, 3.63) is 17.5 Å². The van der Waals surface area contributed by atoms with Crippen molar-refractivity contribution in [3.63, 3.8) is 0 Å². The Morgan fingerprint density at radius 1 is 1.44 bits per heavy atom. The summed E-state index contributed by atoms with van der Waals surface area (Å²) < 4.78 is 16.7. The summed E-state index contributed by atoms with van der Waals surface area (Å²) in [4.78, 5) is 13.8. The number of hydrogen-bond donors (Lipinski definition) is 1. The predicted octanol–water partition coefficient (Wildman–Crippen LogP) is 2.13. The van der Waals surface area contributed by atoms with Crippen LogP contribution in [0.15, 0.2) is 6.08 Å². The SMILES string of the molecule is CC(C)(C)OC(=O)N1CC[C@H](OCc2n[nH]nc2C2=CCOCC2)C1. The van der Waals surface area contributed by atoms with Crippen molar-refractivity contribution >= 4 is 11.7 Å². The van der Waals surface area contributed by atoms with Crippen LogP contribution in [-0.2, 0) is 20.8 Å². The van der Waals surface area contributed by atoms with Crippen molar-refractivity contribution in [2.24, 2.45) is 0 Å². The molecule has 1 amide bonds. The number of aromatic nitrogens is 3. The van der Waals surface area contributed by atoms with Crippen LogP contribution in [0.1, 0.15) is 45.0 Å². The maximum Gasteiger partial charge on any atom is 0.410 e. The summed E-state index contributed by atoms with van der Waals surface area (Å²) in [5, 5.41) is 11.1. The van der Waals surface area contributed by atoms with Gasteiger partial charge in [-0.3, -0.25) is 0 Å². The molecule has 8 heteroatoms. The Kier molecular flexibility index (Phi) is 5.39. The van der Waals surface area contributed by atoms with Gasteiger partial charge in [-0.15, -0.1) is 0 Å². The lowest BCUT2D eigenvalue weighted by atomic mass is 10.1. The zero-order valence-electron chi connectivity index (χ0n) is 15.1. The summed E-state index contributed by atoms with van der Waals surface area (Å²) in [6, 6.07) is 0. The molecule has 0 saturated carbocycles. The number of aromatic amines is 1. The summed E-state index contributed by atoms with van der Waals surface area (Å²) in [5.41, 5.74) is 2.30. The van der Waals surface area contributed by atoms with Crippen molar-refractivity contribution < 1.29 is 19.0 Å². The third kappa shape index (κ3) is 4.79. The zero-order chi connectivity index (χ0) is 17.9. The molecule has 1 fully saturated rings. The summed E-state index contributed by atoms with van der Waals surface area (Å²) in [5.74, 6) is 0. The van der Waals surface area contributed by atoms with E-state index in [-0.39, 0.29) is 12.2 Å². The van der Waals surface area contributed by atoms with E-state index in [2.05, 4.69) is 15.4 Å². The number of hydrogen-bond acceptors (Lipinski definition) is 6. The van der Waals surface area contributed by atoms with Crippen LogP contribution in [0.5, 0.6) is 0 Å². The molecule has 0 aromatic carbocycles. The van der Waals surface area contributed by atoms with Crippen LogP contribution >= 0.6 is 0 Å². The minimum absolute atomic E-state index is 0.0132. The van der Waals surface area contributed by atoms with Gasteiger partial charge in [0.15, 0.2) is 0 Å². The van der Waals surface area contributed by atoms with Gasteiger partial charge in [-0.25, -0.2) is 4.79 Å². The average molecular weight is 350 g/mol. The van der Waals surface area contributed by atoms with E-state index >= 15 is 0 Å². The molecular weight excluding hydrogens is 324 g/mol. The predicted molar refractivity (Wildman–Crippen MR) is 90.8 cm³/mol. The van der Waals surface area contributed by atoms with Gasteiger partial charge in [0.2, 0.25) is 0 Å². The Morgan fingerprint density at radius 2 is 2.28 bits per heavy atom. The first-order valence-electron chi connectivity index (χ1n) is 8.69. The van der Waals surface area contributed by atoms with Gasteiger partial charge in [0.25, 0.3) is 0 Å². The van der Waals surface area contributed by atoms with Crippen molar-refractivity contribution in [2.75, 3.05) is 26.3 Å². The molecule has 0 radical (unpaired) electrons. The summed E-state index contributed by atoms with van der Waals surface area (Å²) in [6.45, 7) is 8.47. The second-order valence-electron chi connectivity index (χ2n) is 7.32. The van der Waals surface area contributed by atoms with E-state index in [4.69, 9.17) is 14.2 Å². The molecule has 1 N–H and O–H groups in total. The molecule has 0 bridgehead atoms. The smallest absolute Gasteiger partial charge is 0.410 e. The van der Waals surface area contributed by atoms with Gasteiger partial charge in [0.1, 0.15) is 17.0 Å². The first-order chi connectivity index (χ1) is 11.9. The molecule has 25 heavy (non-hydrogen) atoms. The molecular formula is C17H26N4O4. The second-order valence-corrected chi connectivity index (χ2v) is 7.32. The van der Waals surface area contributed by atoms with Crippen molar-refractivity contribution in [1.29, 1.82) is 0 Å². The minimum atomic E-state index is -0.483. The van der Waals surface area contributed by atoms with E-state index in [1.165, 1.54) is 0 Å². The van der Waals surface area contributed by atoms with Crippen LogP contribution < -0.4 is 0 Å². The quantitative estimate of drug-likeness (QED) is 0.895. The Bertz CT molecular complexity index is 635. The molecule has 1 atom stereocenters. The molecule has 3 rings (SSSR count). The molecule has 0 aliphatic carbocycles. The van der Waals surface area contributed by atoms with Crippen LogP contribution in [-0.4, -0.2) is 64.4 Å². The number of H-pyrrole nitrogens is 1. The summed E-state index contributed by atoms with van der Waals surface area (Å²) in [7, 11) is 0. The van der Waals surface area contributed by atoms with Crippen molar-refractivity contribution in [1.82, 2.24) is 20.3 Å². The van der Waals surface area contributed by atoms with E-state index in [1.807, 2.05) is 26.8 Å². The van der Waals surface area contributed by atoms with Crippen molar-refractivity contribution in [2.45, 2.75) is 51.9 Å². The van der Waals surface area contributed by atoms with Crippen LogP contribution in [0, 0.1) is 0 Å². The van der Waals surface area contributed by atoms with E-state index in [0.29, 0.717) is 32.9 Å². The molecule has 138 valence electrons. The number of nitrogens with zero attached hydrogens (tertiary/aromatic N) is 3. The standard InChI is InChI=1S/C17H26N4O4/c1-17(2,3)25-16(22)21-7-4-13(10-21)24-11-14-15(19-20-18-14)12-5-8-23-9-6-12/h5,13H,4,6-11H2,1-3H3,(H,18,19,20)/t13-/m0/s1. The molecule has 1 aromatic rings. The lowest BCUT2D eigenvalue weighted by Gasteiger charge is -2.24. The molecule has 2 aliphatic rings. The van der Waals surface area contributed by atoms with E-state index < -0.39 is 5.60 Å². The lowest BCUT2D eigenvalue weighted by Crippen LogP contribution is -2.36. The molecule has 1 saturated heterocycles. The van der Waals surface area contributed by atoms with Gasteiger partial charge in [0.05, 0.1) is 32.5 Å². The Morgan fingerprint density at radius 3 is 3.00 bits per heavy atom. The molecule has 3 heterocycles. The van der Waals surface area contributed by atoms with Gasteiger partial charge in [-0.05, 0) is 39.2 Å². The number of carbonyl (C=O) groups excluding carboxylic acids is 1. The van der Waals surface area contributed by atoms with Crippen LogP contribution in [0.2, 0.25) is 0 Å². The number of rotatable bonds is 4. The number of nitrogens with one attached hydrogen (secondary N) is 1. The fourth-order valence-electron chi connectivity index (χ4n) is 2.91. The van der Waals surface area contributed by atoms with E-state index in [9.17, 15) is 4.79 Å². The highest BCUT2D eigenvalue weighted by Gasteiger charge is 2.30. The fraction of sp³-hybridized carbons (Fsp3) is 0.706. The highest BCUT2D eigenvalue weighted by atomic mass is 16.6. The van der Waals surface area contributed by atoms with Gasteiger partial charge >= 0.3 is 6.09 Å². The first-order valence-corrected chi connectivity index (χ1v) is 8.69. The molecule has 2 aliphatic heterocycles. The molecule has 0 unspecified atom stereocenters. The summed E-state index contributed by atoms with van der Waals surface area (Å²) in [6.07, 6.45) is 3.36. The third-order valence-electron chi connectivity index (χ3n) is 4.14. The number of ether oxygens (including phenoxy) is 3. The Hall–Kier alpha value is -1.93. The minimum Gasteiger partial charge on any atom is -0.444 e. The lowest BCUT2D eigenvalue weighted by molar-refractivity contribution is 0.0179. The summed E-state index contributed by atoms with van der Waals surface area (Å²) >= 11 is 0. The average Bonchev–Trinajstić information content (AvgIpc) is 3.21. The molecule has 8 nitrogen and oxygen atoms in total. The second kappa shape index (κ2) is 7.53. The maximum absolute atomic E-state index is 12.1. The van der Waals surface area contributed by atoms with Crippen molar-refractivity contribution in [3.8, 4) is 0 Å². The van der Waals surface area contributed by atoms with E-state index in [0.717, 1.165) is 29.8 Å². The van der Waals surface area contributed by atoms with E-state index in [1.54, 1.807) is 4.90 Å². The number of likely N-dealkylation sites (tertiary alicyclic amines) is 1. The topological polar surface area (TPSA) is 89.6 Å². The Labute approximate surface area is 147 Å². The molecule has 0 spiro atoms. The largest absolute Gasteiger partial charge is 0.444 e. The number of carbonyl (C=O) groups is 1. The highest BCUT2D eigenvalue weighted by Crippen LogP contribution is 2.23. The first kappa shape index (κ1) is 17.9. The number of amides is 1. The fourth-order valence-corrected chi connectivity index (χ4v) is 2.91. The Balaban J connectivity index is 1.51. The van der Waals surface area contributed by atoms with Gasteiger partial charge in [0, 0.05) is 6.54 Å². The van der Waals surface area contributed by atoms with Gasteiger partial charge in [-0.1, -0.05) is 6.08 Å². The highest BCUT2D eigenvalue weighted by molar-refractivity contribution is 5.68. The maximum atomic E-state index is 12.1.